The van der Waals surface area contributed by atoms with Crippen molar-refractivity contribution in [2.75, 3.05) is 0 Å². The predicted octanol–water partition coefficient (Wildman–Crippen LogP) is 4.05. The molecule has 0 N–H and O–H groups in total. The molecular weight excluding hydrogens is 184 g/mol. The van der Waals surface area contributed by atoms with Gasteiger partial charge in [0.2, 0.25) is 0 Å². The Morgan fingerprint density at radius 1 is 1.20 bits per heavy atom. The molecule has 1 heteroatoms. The Hall–Kier alpha value is -0.850. The first kappa shape index (κ1) is 12.2. The molecule has 0 aromatic rings. The van der Waals surface area contributed by atoms with E-state index in [-0.39, 0.29) is 5.92 Å². The van der Waals surface area contributed by atoms with Crippen LogP contribution in [0.3, 0.4) is 0 Å². The number of unbranched alkanes of at least 4 members (excludes halogenated alkanes) is 2. The van der Waals surface area contributed by atoms with Gasteiger partial charge in [-0.15, -0.1) is 6.58 Å². The molecule has 1 atom stereocenters. The minimum atomic E-state index is 0.0587. The van der Waals surface area contributed by atoms with E-state index < -0.39 is 0 Å². The van der Waals surface area contributed by atoms with Crippen molar-refractivity contribution in [1.82, 2.24) is 0 Å². The summed E-state index contributed by atoms with van der Waals surface area (Å²) in [4.78, 5) is 11.7. The number of Topliss-reactive ketones (excluding diaryl/α,β-unsaturated/α-hetero) is 1. The summed E-state index contributed by atoms with van der Waals surface area (Å²) in [6.45, 7) is 8.11. The Balaban J connectivity index is 2.66. The van der Waals surface area contributed by atoms with Gasteiger partial charge in [0.05, 0.1) is 5.92 Å². The van der Waals surface area contributed by atoms with Gasteiger partial charge < -0.3 is 0 Å². The minimum absolute atomic E-state index is 0.0587. The first-order valence-electron chi connectivity index (χ1n) is 6.14. The maximum atomic E-state index is 11.7. The maximum Gasteiger partial charge on any atom is 0.169 e. The van der Waals surface area contributed by atoms with E-state index in [0.29, 0.717) is 5.78 Å². The summed E-state index contributed by atoms with van der Waals surface area (Å²) in [6, 6.07) is 0. The van der Waals surface area contributed by atoms with Gasteiger partial charge in [-0.25, -0.2) is 0 Å². The lowest BCUT2D eigenvalue weighted by Crippen LogP contribution is -2.29. The molecule has 1 nitrogen and oxygen atoms in total. The quantitative estimate of drug-likeness (QED) is 0.574. The molecule has 1 aliphatic carbocycles. The molecule has 0 bridgehead atoms. The highest BCUT2D eigenvalue weighted by Crippen LogP contribution is 2.37. The number of ketones is 1. The van der Waals surface area contributed by atoms with E-state index in [4.69, 9.17) is 0 Å². The average molecular weight is 206 g/mol. The van der Waals surface area contributed by atoms with Crippen LogP contribution in [0.1, 0.15) is 52.4 Å². The Bertz CT molecular complexity index is 273. The molecule has 0 aromatic heterocycles. The summed E-state index contributed by atoms with van der Waals surface area (Å²) >= 11 is 0. The van der Waals surface area contributed by atoms with Crippen molar-refractivity contribution < 1.29 is 4.79 Å². The van der Waals surface area contributed by atoms with Crippen molar-refractivity contribution in [3.05, 3.63) is 23.8 Å². The zero-order chi connectivity index (χ0) is 11.3. The number of carbonyl (C=O) groups excluding carboxylic acids is 1. The van der Waals surface area contributed by atoms with E-state index in [0.717, 1.165) is 31.3 Å². The van der Waals surface area contributed by atoms with E-state index in [1.807, 2.05) is 6.08 Å². The van der Waals surface area contributed by atoms with Crippen LogP contribution in [0, 0.1) is 5.92 Å². The topological polar surface area (TPSA) is 17.1 Å². The average Bonchev–Trinajstić information content (AvgIpc) is 2.24. The number of hydrogen-bond donors (Lipinski definition) is 0. The number of allylic oxidation sites excluding steroid dienone is 3. The van der Waals surface area contributed by atoms with Crippen molar-refractivity contribution >= 4 is 5.78 Å². The summed E-state index contributed by atoms with van der Waals surface area (Å²) in [5, 5.41) is 0. The molecule has 0 saturated carbocycles. The second kappa shape index (κ2) is 5.89. The molecular formula is C14H22O. The Morgan fingerprint density at radius 2 is 1.80 bits per heavy atom. The second-order valence-electron chi connectivity index (χ2n) is 4.29. The van der Waals surface area contributed by atoms with Crippen LogP contribution in [0.15, 0.2) is 23.8 Å². The number of hydrogen-bond acceptors (Lipinski definition) is 1. The van der Waals surface area contributed by atoms with Crippen LogP contribution in [0.4, 0.5) is 0 Å². The lowest BCUT2D eigenvalue weighted by atomic mass is 9.72. The van der Waals surface area contributed by atoms with Gasteiger partial charge >= 0.3 is 0 Å². The third-order valence-electron chi connectivity index (χ3n) is 3.16. The van der Waals surface area contributed by atoms with Gasteiger partial charge in [0.25, 0.3) is 0 Å². The Morgan fingerprint density at radius 3 is 2.33 bits per heavy atom. The smallest absolute Gasteiger partial charge is 0.169 e. The van der Waals surface area contributed by atoms with E-state index in [1.54, 1.807) is 0 Å². The SMILES string of the molecule is C=CC1C(=O)C(CCCC)=C1CCCC. The van der Waals surface area contributed by atoms with E-state index >= 15 is 0 Å². The lowest BCUT2D eigenvalue weighted by Gasteiger charge is -2.30. The third kappa shape index (κ3) is 2.58. The van der Waals surface area contributed by atoms with Crippen LogP contribution >= 0.6 is 0 Å². The van der Waals surface area contributed by atoms with Gasteiger partial charge in [0.15, 0.2) is 5.78 Å². The van der Waals surface area contributed by atoms with Crippen LogP contribution in [0.2, 0.25) is 0 Å². The fourth-order valence-corrected chi connectivity index (χ4v) is 2.17. The Labute approximate surface area is 93.3 Å². The van der Waals surface area contributed by atoms with Crippen molar-refractivity contribution in [2.45, 2.75) is 52.4 Å². The Kier molecular flexibility index (Phi) is 4.80. The zero-order valence-electron chi connectivity index (χ0n) is 10.0. The molecule has 0 radical (unpaired) electrons. The molecule has 1 rings (SSSR count). The number of carbonyl (C=O) groups is 1. The summed E-state index contributed by atoms with van der Waals surface area (Å²) in [6.07, 6.45) is 8.59. The molecule has 1 unspecified atom stereocenters. The van der Waals surface area contributed by atoms with Gasteiger partial charge in [-0.1, -0.05) is 32.8 Å². The van der Waals surface area contributed by atoms with E-state index in [2.05, 4.69) is 20.4 Å². The van der Waals surface area contributed by atoms with E-state index in [9.17, 15) is 4.79 Å². The first-order chi connectivity index (χ1) is 7.26. The van der Waals surface area contributed by atoms with Gasteiger partial charge in [-0.3, -0.25) is 4.79 Å². The molecule has 0 amide bonds. The first-order valence-corrected chi connectivity index (χ1v) is 6.14. The highest BCUT2D eigenvalue weighted by atomic mass is 16.1. The summed E-state index contributed by atoms with van der Waals surface area (Å²) in [7, 11) is 0. The summed E-state index contributed by atoms with van der Waals surface area (Å²) in [5.74, 6) is 0.396. The molecule has 84 valence electrons. The largest absolute Gasteiger partial charge is 0.294 e. The van der Waals surface area contributed by atoms with Crippen LogP contribution in [0.25, 0.3) is 0 Å². The normalized spacial score (nSPS) is 20.4. The van der Waals surface area contributed by atoms with Crippen molar-refractivity contribution in [3.8, 4) is 0 Å². The second-order valence-corrected chi connectivity index (χ2v) is 4.29. The molecule has 15 heavy (non-hydrogen) atoms. The molecule has 1 aliphatic rings. The van der Waals surface area contributed by atoms with Gasteiger partial charge in [0.1, 0.15) is 0 Å². The van der Waals surface area contributed by atoms with Crippen LogP contribution in [0.5, 0.6) is 0 Å². The van der Waals surface area contributed by atoms with Crippen molar-refractivity contribution in [3.63, 3.8) is 0 Å². The van der Waals surface area contributed by atoms with Gasteiger partial charge in [-0.05, 0) is 36.8 Å². The fourth-order valence-electron chi connectivity index (χ4n) is 2.17. The van der Waals surface area contributed by atoms with Crippen LogP contribution in [-0.2, 0) is 4.79 Å². The van der Waals surface area contributed by atoms with E-state index in [1.165, 1.54) is 18.4 Å². The van der Waals surface area contributed by atoms with Crippen molar-refractivity contribution in [1.29, 1.82) is 0 Å². The maximum absolute atomic E-state index is 11.7. The minimum Gasteiger partial charge on any atom is -0.294 e. The monoisotopic (exact) mass is 206 g/mol. The standard InChI is InChI=1S/C14H22O/c1-4-7-9-12-11(6-3)14(15)13(12)10-8-5-2/h6,11H,3-5,7-10H2,1-2H3. The lowest BCUT2D eigenvalue weighted by molar-refractivity contribution is -0.119. The van der Waals surface area contributed by atoms with Gasteiger partial charge in [0, 0.05) is 0 Å². The summed E-state index contributed by atoms with van der Waals surface area (Å²) < 4.78 is 0. The van der Waals surface area contributed by atoms with Crippen molar-refractivity contribution in [2.24, 2.45) is 5.92 Å². The summed E-state index contributed by atoms with van der Waals surface area (Å²) in [5.41, 5.74) is 2.50. The highest BCUT2D eigenvalue weighted by Gasteiger charge is 2.34. The molecule has 0 aromatic carbocycles. The molecule has 0 spiro atoms. The number of rotatable bonds is 7. The molecule has 0 saturated heterocycles. The van der Waals surface area contributed by atoms with Crippen LogP contribution in [-0.4, -0.2) is 5.78 Å². The zero-order valence-corrected chi connectivity index (χ0v) is 10.0. The molecule has 0 aliphatic heterocycles. The molecule has 0 fully saturated rings. The third-order valence-corrected chi connectivity index (χ3v) is 3.16. The van der Waals surface area contributed by atoms with Gasteiger partial charge in [-0.2, -0.15) is 0 Å². The fraction of sp³-hybridized carbons (Fsp3) is 0.643. The highest BCUT2D eigenvalue weighted by molar-refractivity contribution is 6.07. The molecule has 0 heterocycles. The van der Waals surface area contributed by atoms with Crippen LogP contribution < -0.4 is 0 Å². The predicted molar refractivity (Wildman–Crippen MR) is 64.8 cm³/mol.